The number of rotatable bonds is 9. The first kappa shape index (κ1) is 22.4. The maximum Gasteiger partial charge on any atom is 0.392 e. The second-order valence-corrected chi connectivity index (χ2v) is 7.32. The normalized spacial score (nSPS) is 13.2. The first-order chi connectivity index (χ1) is 13.1. The van der Waals surface area contributed by atoms with E-state index in [1.54, 1.807) is 12.1 Å². The Morgan fingerprint density at radius 3 is 1.79 bits per heavy atom. The average Bonchev–Trinajstić information content (AvgIpc) is 2.66. The number of aliphatic hydroxyl groups excluding tert-OH is 1. The molecule has 3 nitrogen and oxygen atoms in total. The summed E-state index contributed by atoms with van der Waals surface area (Å²) in [5.41, 5.74) is 1.73. The third kappa shape index (κ3) is 6.60. The summed E-state index contributed by atoms with van der Waals surface area (Å²) in [5, 5.41) is 9.45. The molecular formula is C21H24ClF3O3. The van der Waals surface area contributed by atoms with Crippen molar-refractivity contribution in [3.8, 4) is 11.5 Å². The molecule has 7 heteroatoms. The van der Waals surface area contributed by atoms with Gasteiger partial charge in [-0.25, -0.2) is 0 Å². The van der Waals surface area contributed by atoms with E-state index in [1.165, 1.54) is 0 Å². The molecule has 0 amide bonds. The lowest BCUT2D eigenvalue weighted by atomic mass is 9.78. The molecule has 0 aliphatic heterocycles. The monoisotopic (exact) mass is 416 g/mol. The van der Waals surface area contributed by atoms with Crippen LogP contribution in [0.15, 0.2) is 48.5 Å². The summed E-state index contributed by atoms with van der Waals surface area (Å²) in [5.74, 6) is 1.16. The zero-order valence-corrected chi connectivity index (χ0v) is 16.6. The molecule has 0 aliphatic rings. The van der Waals surface area contributed by atoms with Crippen LogP contribution < -0.4 is 9.47 Å². The fourth-order valence-electron chi connectivity index (χ4n) is 2.62. The highest BCUT2D eigenvalue weighted by Crippen LogP contribution is 2.33. The minimum absolute atomic E-state index is 0.112. The highest BCUT2D eigenvalue weighted by molar-refractivity contribution is 6.18. The molecule has 1 unspecified atom stereocenters. The second kappa shape index (κ2) is 9.52. The Labute approximate surface area is 168 Å². The van der Waals surface area contributed by atoms with Crippen LogP contribution in [0.3, 0.4) is 0 Å². The van der Waals surface area contributed by atoms with Gasteiger partial charge in [-0.3, -0.25) is 0 Å². The molecule has 0 spiro atoms. The molecule has 2 aromatic carbocycles. The van der Waals surface area contributed by atoms with Crippen molar-refractivity contribution in [3.05, 3.63) is 59.7 Å². The third-order valence-electron chi connectivity index (χ3n) is 4.43. The van der Waals surface area contributed by atoms with E-state index in [9.17, 15) is 18.3 Å². The van der Waals surface area contributed by atoms with E-state index in [1.807, 2.05) is 36.4 Å². The van der Waals surface area contributed by atoms with Crippen LogP contribution in [0, 0.1) is 0 Å². The predicted octanol–water partition coefficient (Wildman–Crippen LogP) is 5.32. The molecule has 0 bridgehead atoms. The number of ether oxygens (including phenoxy) is 2. The summed E-state index contributed by atoms with van der Waals surface area (Å²) < 4.78 is 47.2. The Kier molecular flexibility index (Phi) is 7.61. The summed E-state index contributed by atoms with van der Waals surface area (Å²) in [6, 6.07) is 14.6. The van der Waals surface area contributed by atoms with E-state index in [0.29, 0.717) is 11.5 Å². The Bertz CT molecular complexity index is 728. The quantitative estimate of drug-likeness (QED) is 0.562. The van der Waals surface area contributed by atoms with Gasteiger partial charge in [0.25, 0.3) is 0 Å². The molecule has 2 aromatic rings. The zero-order chi connectivity index (χ0) is 20.8. The first-order valence-electron chi connectivity index (χ1n) is 8.89. The molecule has 1 N–H and O–H groups in total. The van der Waals surface area contributed by atoms with Crippen molar-refractivity contribution in [2.45, 2.75) is 38.0 Å². The van der Waals surface area contributed by atoms with Gasteiger partial charge >= 0.3 is 6.18 Å². The Hall–Kier alpha value is -1.92. The summed E-state index contributed by atoms with van der Waals surface area (Å²) >= 11 is 5.54. The van der Waals surface area contributed by atoms with E-state index in [-0.39, 0.29) is 17.9 Å². The molecule has 0 heterocycles. The number of alkyl halides is 4. The maximum atomic E-state index is 12.2. The minimum atomic E-state index is -4.22. The fraction of sp³-hybridized carbons (Fsp3) is 0.429. The van der Waals surface area contributed by atoms with Crippen LogP contribution in [-0.4, -0.2) is 36.5 Å². The van der Waals surface area contributed by atoms with Crippen molar-refractivity contribution >= 4 is 11.6 Å². The molecule has 0 aliphatic carbocycles. The van der Waals surface area contributed by atoms with E-state index in [0.717, 1.165) is 11.1 Å². The van der Waals surface area contributed by atoms with Gasteiger partial charge in [0.15, 0.2) is 0 Å². The van der Waals surface area contributed by atoms with Crippen molar-refractivity contribution in [1.29, 1.82) is 0 Å². The summed E-state index contributed by atoms with van der Waals surface area (Å²) in [7, 11) is 0. The van der Waals surface area contributed by atoms with Crippen molar-refractivity contribution in [1.82, 2.24) is 0 Å². The molecule has 0 fully saturated rings. The van der Waals surface area contributed by atoms with Gasteiger partial charge in [-0.2, -0.15) is 13.2 Å². The fourth-order valence-corrected chi connectivity index (χ4v) is 2.71. The highest BCUT2D eigenvalue weighted by atomic mass is 35.5. The Balaban J connectivity index is 2.01. The van der Waals surface area contributed by atoms with E-state index in [2.05, 4.69) is 13.8 Å². The number of hydrogen-bond acceptors (Lipinski definition) is 3. The second-order valence-electron chi connectivity index (χ2n) is 7.01. The molecule has 2 rings (SSSR count). The lowest BCUT2D eigenvalue weighted by Gasteiger charge is -2.26. The van der Waals surface area contributed by atoms with Crippen LogP contribution in [0.1, 0.15) is 31.4 Å². The van der Waals surface area contributed by atoms with Gasteiger partial charge < -0.3 is 14.6 Å². The predicted molar refractivity (Wildman–Crippen MR) is 103 cm³/mol. The van der Waals surface area contributed by atoms with Crippen LogP contribution >= 0.6 is 11.6 Å². The zero-order valence-electron chi connectivity index (χ0n) is 15.8. The lowest BCUT2D eigenvalue weighted by molar-refractivity contribution is -0.139. The van der Waals surface area contributed by atoms with Crippen molar-refractivity contribution in [3.63, 3.8) is 0 Å². The molecule has 0 aromatic heterocycles. The minimum Gasteiger partial charge on any atom is -0.493 e. The number of hydrogen-bond donors (Lipinski definition) is 1. The van der Waals surface area contributed by atoms with Crippen LogP contribution in [0.5, 0.6) is 11.5 Å². The van der Waals surface area contributed by atoms with Crippen molar-refractivity contribution in [2.75, 3.05) is 19.1 Å². The standard InChI is InChI=1S/C21H24ClF3O3/c1-20(2,16-5-9-19(10-6-16)28-14-17(26)13-22)15-3-7-18(8-4-15)27-12-11-21(23,24)25/h3-10,17,26H,11-14H2,1-2H3. The van der Waals surface area contributed by atoms with Crippen molar-refractivity contribution in [2.24, 2.45) is 0 Å². The Morgan fingerprint density at radius 2 is 1.36 bits per heavy atom. The number of aliphatic hydroxyl groups is 1. The molecule has 28 heavy (non-hydrogen) atoms. The van der Waals surface area contributed by atoms with Gasteiger partial charge in [-0.05, 0) is 35.4 Å². The van der Waals surface area contributed by atoms with Gasteiger partial charge in [0.05, 0.1) is 18.9 Å². The highest BCUT2D eigenvalue weighted by Gasteiger charge is 2.27. The summed E-state index contributed by atoms with van der Waals surface area (Å²) in [6.45, 7) is 3.84. The SMILES string of the molecule is CC(C)(c1ccc(OCCC(F)(F)F)cc1)c1ccc(OCC(O)CCl)cc1. The van der Waals surface area contributed by atoms with Gasteiger partial charge in [-0.15, -0.1) is 11.6 Å². The number of benzene rings is 2. The van der Waals surface area contributed by atoms with Crippen LogP contribution in [0.25, 0.3) is 0 Å². The van der Waals surface area contributed by atoms with E-state index < -0.39 is 25.3 Å². The van der Waals surface area contributed by atoms with Crippen LogP contribution in [0.2, 0.25) is 0 Å². The topological polar surface area (TPSA) is 38.7 Å². The van der Waals surface area contributed by atoms with E-state index in [4.69, 9.17) is 21.1 Å². The average molecular weight is 417 g/mol. The van der Waals surface area contributed by atoms with Gasteiger partial charge in [0, 0.05) is 5.41 Å². The smallest absolute Gasteiger partial charge is 0.392 e. The molecule has 1 atom stereocenters. The van der Waals surface area contributed by atoms with Crippen molar-refractivity contribution < 1.29 is 27.8 Å². The first-order valence-corrected chi connectivity index (χ1v) is 9.43. The Morgan fingerprint density at radius 1 is 0.893 bits per heavy atom. The number of halogens is 4. The maximum absolute atomic E-state index is 12.2. The molecule has 0 saturated carbocycles. The summed E-state index contributed by atoms with van der Waals surface area (Å²) in [6.07, 6.45) is -5.91. The van der Waals surface area contributed by atoms with Gasteiger partial charge in [-0.1, -0.05) is 38.1 Å². The van der Waals surface area contributed by atoms with E-state index >= 15 is 0 Å². The molecular weight excluding hydrogens is 393 g/mol. The molecule has 0 radical (unpaired) electrons. The summed E-state index contributed by atoms with van der Waals surface area (Å²) in [4.78, 5) is 0. The largest absolute Gasteiger partial charge is 0.493 e. The van der Waals surface area contributed by atoms with Gasteiger partial charge in [0.1, 0.15) is 24.2 Å². The van der Waals surface area contributed by atoms with Crippen LogP contribution in [-0.2, 0) is 5.41 Å². The lowest BCUT2D eigenvalue weighted by Crippen LogP contribution is -2.20. The molecule has 154 valence electrons. The van der Waals surface area contributed by atoms with Crippen LogP contribution in [0.4, 0.5) is 13.2 Å². The molecule has 0 saturated heterocycles. The third-order valence-corrected chi connectivity index (χ3v) is 4.78. The van der Waals surface area contributed by atoms with Gasteiger partial charge in [0.2, 0.25) is 0 Å².